The van der Waals surface area contributed by atoms with Crippen LogP contribution in [0.3, 0.4) is 0 Å². The maximum atomic E-state index is 9.10. The Morgan fingerprint density at radius 3 is 2.15 bits per heavy atom. The van der Waals surface area contributed by atoms with Gasteiger partial charge in [-0.3, -0.25) is 0 Å². The van der Waals surface area contributed by atoms with Crippen molar-refractivity contribution >= 4 is 6.08 Å². The van der Waals surface area contributed by atoms with Crippen LogP contribution in [0.1, 0.15) is 5.56 Å². The first-order valence-electron chi connectivity index (χ1n) is 3.59. The van der Waals surface area contributed by atoms with Crippen LogP contribution in [0.15, 0.2) is 18.4 Å². The largest absolute Gasteiger partial charge is 0.504 e. The number of phenolic OH excluding ortho intramolecular Hbond substituents is 3. The van der Waals surface area contributed by atoms with E-state index in [2.05, 4.69) is 4.74 Å². The minimum atomic E-state index is -0.519. The van der Waals surface area contributed by atoms with E-state index in [0.717, 1.165) is 0 Å². The van der Waals surface area contributed by atoms with E-state index in [4.69, 9.17) is 15.3 Å². The zero-order valence-electron chi connectivity index (χ0n) is 7.06. The molecule has 0 aliphatic rings. The third-order valence-corrected chi connectivity index (χ3v) is 1.49. The Bertz CT molecular complexity index is 307. The monoisotopic (exact) mass is 182 g/mol. The van der Waals surface area contributed by atoms with Gasteiger partial charge in [-0.25, -0.2) is 0 Å². The summed E-state index contributed by atoms with van der Waals surface area (Å²) in [5, 5.41) is 27.2. The Kier molecular flexibility index (Phi) is 2.64. The summed E-state index contributed by atoms with van der Waals surface area (Å²) in [6.07, 6.45) is 2.93. The highest BCUT2D eigenvalue weighted by Gasteiger charge is 2.05. The van der Waals surface area contributed by atoms with Gasteiger partial charge in [0.25, 0.3) is 0 Å². The third-order valence-electron chi connectivity index (χ3n) is 1.49. The number of methoxy groups -OCH3 is 1. The van der Waals surface area contributed by atoms with Gasteiger partial charge in [0.15, 0.2) is 17.2 Å². The molecule has 3 N–H and O–H groups in total. The number of phenols is 3. The summed E-state index contributed by atoms with van der Waals surface area (Å²) in [5.74, 6) is -1.25. The van der Waals surface area contributed by atoms with Crippen molar-refractivity contribution in [2.45, 2.75) is 0 Å². The fourth-order valence-electron chi connectivity index (χ4n) is 0.868. The molecule has 0 spiro atoms. The first-order chi connectivity index (χ1) is 6.15. The molecule has 0 aromatic heterocycles. The molecule has 1 aromatic carbocycles. The predicted octanol–water partition coefficient (Wildman–Crippen LogP) is 1.42. The lowest BCUT2D eigenvalue weighted by Gasteiger charge is -2.01. The second-order valence-corrected chi connectivity index (χ2v) is 2.45. The third kappa shape index (κ3) is 2.05. The second kappa shape index (κ2) is 3.71. The lowest BCUT2D eigenvalue weighted by molar-refractivity contribution is 0.341. The van der Waals surface area contributed by atoms with Crippen molar-refractivity contribution in [2.75, 3.05) is 7.11 Å². The summed E-state index contributed by atoms with van der Waals surface area (Å²) in [4.78, 5) is 0. The highest BCUT2D eigenvalue weighted by atomic mass is 16.5. The molecule has 4 nitrogen and oxygen atoms in total. The van der Waals surface area contributed by atoms with Crippen LogP contribution in [0.5, 0.6) is 17.2 Å². The van der Waals surface area contributed by atoms with Crippen molar-refractivity contribution in [3.8, 4) is 17.2 Å². The lowest BCUT2D eigenvalue weighted by Crippen LogP contribution is -1.76. The molecule has 70 valence electrons. The van der Waals surface area contributed by atoms with E-state index in [-0.39, 0.29) is 11.5 Å². The second-order valence-electron chi connectivity index (χ2n) is 2.45. The zero-order chi connectivity index (χ0) is 9.84. The topological polar surface area (TPSA) is 69.9 Å². The molecule has 0 saturated carbocycles. The molecular weight excluding hydrogens is 172 g/mol. The van der Waals surface area contributed by atoms with E-state index in [1.54, 1.807) is 6.08 Å². The van der Waals surface area contributed by atoms with E-state index >= 15 is 0 Å². The summed E-state index contributed by atoms with van der Waals surface area (Å²) in [6.45, 7) is 0. The maximum absolute atomic E-state index is 9.10. The van der Waals surface area contributed by atoms with Gasteiger partial charge in [0.05, 0.1) is 13.4 Å². The predicted molar refractivity (Wildman–Crippen MR) is 47.5 cm³/mol. The Hall–Kier alpha value is -1.84. The molecule has 13 heavy (non-hydrogen) atoms. The van der Waals surface area contributed by atoms with Crippen molar-refractivity contribution in [1.82, 2.24) is 0 Å². The van der Waals surface area contributed by atoms with E-state index in [1.807, 2.05) is 0 Å². The highest BCUT2D eigenvalue weighted by Crippen LogP contribution is 2.35. The summed E-state index contributed by atoms with van der Waals surface area (Å²) < 4.78 is 4.65. The van der Waals surface area contributed by atoms with Crippen LogP contribution >= 0.6 is 0 Å². The van der Waals surface area contributed by atoms with Gasteiger partial charge in [0.2, 0.25) is 0 Å². The van der Waals surface area contributed by atoms with E-state index in [0.29, 0.717) is 5.56 Å². The molecule has 0 amide bonds. The minimum absolute atomic E-state index is 0.365. The number of hydrogen-bond donors (Lipinski definition) is 3. The van der Waals surface area contributed by atoms with E-state index in [9.17, 15) is 0 Å². The van der Waals surface area contributed by atoms with Crippen LogP contribution in [-0.4, -0.2) is 22.4 Å². The van der Waals surface area contributed by atoms with Crippen LogP contribution < -0.4 is 0 Å². The summed E-state index contributed by atoms with van der Waals surface area (Å²) in [7, 11) is 1.48. The molecular formula is C9H10O4. The molecule has 0 bridgehead atoms. The quantitative estimate of drug-likeness (QED) is 0.478. The molecule has 0 fully saturated rings. The fraction of sp³-hybridized carbons (Fsp3) is 0.111. The molecule has 4 heteroatoms. The average Bonchev–Trinajstić information content (AvgIpc) is 2.10. The maximum Gasteiger partial charge on any atom is 0.200 e. The number of rotatable bonds is 2. The van der Waals surface area contributed by atoms with Crippen molar-refractivity contribution in [2.24, 2.45) is 0 Å². The normalized spacial score (nSPS) is 10.5. The van der Waals surface area contributed by atoms with Gasteiger partial charge in [-0.1, -0.05) is 0 Å². The highest BCUT2D eigenvalue weighted by molar-refractivity contribution is 5.60. The van der Waals surface area contributed by atoms with E-state index < -0.39 is 5.75 Å². The first kappa shape index (κ1) is 9.25. The molecule has 0 heterocycles. The number of ether oxygens (including phenoxy) is 1. The number of aromatic hydroxyl groups is 3. The smallest absolute Gasteiger partial charge is 0.200 e. The van der Waals surface area contributed by atoms with Gasteiger partial charge in [-0.2, -0.15) is 0 Å². The van der Waals surface area contributed by atoms with Crippen molar-refractivity contribution in [3.63, 3.8) is 0 Å². The average molecular weight is 182 g/mol. The van der Waals surface area contributed by atoms with Crippen LogP contribution in [-0.2, 0) is 4.74 Å². The van der Waals surface area contributed by atoms with Crippen molar-refractivity contribution in [3.05, 3.63) is 24.0 Å². The number of hydrogen-bond acceptors (Lipinski definition) is 4. The fourth-order valence-corrected chi connectivity index (χ4v) is 0.868. The SMILES string of the molecule is COC=Cc1cc(O)c(O)c(O)c1. The van der Waals surface area contributed by atoms with Gasteiger partial charge in [0, 0.05) is 0 Å². The Labute approximate surface area is 75.3 Å². The molecule has 0 aliphatic heterocycles. The number of benzene rings is 1. The van der Waals surface area contributed by atoms with Crippen LogP contribution in [0, 0.1) is 0 Å². The first-order valence-corrected chi connectivity index (χ1v) is 3.59. The molecule has 0 radical (unpaired) electrons. The molecule has 0 atom stereocenters. The molecule has 0 saturated heterocycles. The summed E-state index contributed by atoms with van der Waals surface area (Å²) in [6, 6.07) is 2.62. The lowest BCUT2D eigenvalue weighted by atomic mass is 10.2. The molecule has 0 aliphatic carbocycles. The minimum Gasteiger partial charge on any atom is -0.504 e. The molecule has 1 aromatic rings. The van der Waals surface area contributed by atoms with Crippen LogP contribution in [0.2, 0.25) is 0 Å². The van der Waals surface area contributed by atoms with Crippen molar-refractivity contribution in [1.29, 1.82) is 0 Å². The van der Waals surface area contributed by atoms with Gasteiger partial charge < -0.3 is 20.1 Å². The van der Waals surface area contributed by atoms with E-state index in [1.165, 1.54) is 25.5 Å². The van der Waals surface area contributed by atoms with Gasteiger partial charge in [0.1, 0.15) is 0 Å². The Morgan fingerprint density at radius 2 is 1.69 bits per heavy atom. The van der Waals surface area contributed by atoms with Gasteiger partial charge in [-0.15, -0.1) is 0 Å². The zero-order valence-corrected chi connectivity index (χ0v) is 7.06. The summed E-state index contributed by atoms with van der Waals surface area (Å²) >= 11 is 0. The van der Waals surface area contributed by atoms with Gasteiger partial charge >= 0.3 is 0 Å². The standard InChI is InChI=1S/C9H10O4/c1-13-3-2-6-4-7(10)9(12)8(11)5-6/h2-5,10-12H,1H3. The van der Waals surface area contributed by atoms with Crippen LogP contribution in [0.4, 0.5) is 0 Å². The molecule has 1 rings (SSSR count). The molecule has 0 unspecified atom stereocenters. The Morgan fingerprint density at radius 1 is 1.15 bits per heavy atom. The van der Waals surface area contributed by atoms with Crippen LogP contribution in [0.25, 0.3) is 6.08 Å². The summed E-state index contributed by atoms with van der Waals surface area (Å²) in [5.41, 5.74) is 0.537. The Balaban J connectivity index is 3.06. The van der Waals surface area contributed by atoms with Gasteiger partial charge in [-0.05, 0) is 23.8 Å². The van der Waals surface area contributed by atoms with Crippen molar-refractivity contribution < 1.29 is 20.1 Å².